The van der Waals surface area contributed by atoms with Crippen molar-refractivity contribution in [2.24, 2.45) is 28.6 Å². The highest BCUT2D eigenvalue weighted by Crippen LogP contribution is 2.65. The van der Waals surface area contributed by atoms with Gasteiger partial charge in [0.15, 0.2) is 0 Å². The Kier molecular flexibility index (Phi) is 3.21. The Morgan fingerprint density at radius 1 is 1.09 bits per heavy atom. The van der Waals surface area contributed by atoms with Gasteiger partial charge in [0.05, 0.1) is 6.10 Å². The molecule has 6 atom stereocenters. The number of carbonyl (C=O) groups is 1. The normalized spacial score (nSPS) is 51.5. The maximum absolute atomic E-state index is 11.9. The summed E-state index contributed by atoms with van der Waals surface area (Å²) >= 11 is 0. The molecule has 4 nitrogen and oxygen atoms in total. The Hall–Kier alpha value is -0.710. The number of aliphatic hydroxyl groups is 3. The molecule has 6 unspecified atom stereocenters. The lowest BCUT2D eigenvalue weighted by Gasteiger charge is -2.58. The molecule has 0 saturated heterocycles. The lowest BCUT2D eigenvalue weighted by Crippen LogP contribution is -2.56. The molecule has 0 spiro atoms. The fourth-order valence-electron chi connectivity index (χ4n) is 6.65. The number of carbonyl (C=O) groups excluding carboxylic acids is 1. The van der Waals surface area contributed by atoms with Crippen molar-refractivity contribution < 1.29 is 20.1 Å². The van der Waals surface area contributed by atoms with Crippen LogP contribution in [0.2, 0.25) is 0 Å². The van der Waals surface area contributed by atoms with Gasteiger partial charge in [-0.3, -0.25) is 4.79 Å². The predicted octanol–water partition coefficient (Wildman–Crippen LogP) is 2.17. The minimum Gasteiger partial charge on any atom is -0.393 e. The minimum atomic E-state index is -2.21. The van der Waals surface area contributed by atoms with Crippen molar-refractivity contribution in [1.29, 1.82) is 0 Å². The molecule has 0 aromatic carbocycles. The summed E-state index contributed by atoms with van der Waals surface area (Å²) in [5.41, 5.74) is 0.845. The Morgan fingerprint density at radius 3 is 2.57 bits per heavy atom. The summed E-state index contributed by atoms with van der Waals surface area (Å²) in [4.78, 5) is 11.9. The lowest BCUT2D eigenvalue weighted by atomic mass is 9.47. The molecule has 4 rings (SSSR count). The first-order chi connectivity index (χ1) is 10.7. The summed E-state index contributed by atoms with van der Waals surface area (Å²) in [6, 6.07) is 0. The second-order valence-corrected chi connectivity index (χ2v) is 9.00. The first kappa shape index (κ1) is 15.8. The third kappa shape index (κ3) is 1.98. The van der Waals surface area contributed by atoms with Crippen LogP contribution in [0.5, 0.6) is 0 Å². The molecule has 0 aromatic heterocycles. The van der Waals surface area contributed by atoms with E-state index in [2.05, 4.69) is 13.8 Å². The Balaban J connectivity index is 1.71. The van der Waals surface area contributed by atoms with E-state index in [0.29, 0.717) is 17.8 Å². The summed E-state index contributed by atoms with van der Waals surface area (Å²) in [7, 11) is 0. The molecule has 4 heteroatoms. The van der Waals surface area contributed by atoms with Crippen molar-refractivity contribution in [3.05, 3.63) is 11.6 Å². The van der Waals surface area contributed by atoms with E-state index in [1.807, 2.05) is 0 Å². The van der Waals surface area contributed by atoms with E-state index in [9.17, 15) is 20.1 Å². The molecule has 3 saturated carbocycles. The predicted molar refractivity (Wildman–Crippen MR) is 85.3 cm³/mol. The molecule has 4 aliphatic carbocycles. The van der Waals surface area contributed by atoms with Crippen LogP contribution in [0.4, 0.5) is 0 Å². The van der Waals surface area contributed by atoms with Crippen LogP contribution in [0.1, 0.15) is 58.8 Å². The van der Waals surface area contributed by atoms with E-state index in [4.69, 9.17) is 0 Å². The van der Waals surface area contributed by atoms with Crippen LogP contribution < -0.4 is 0 Å². The van der Waals surface area contributed by atoms with E-state index in [1.165, 1.54) is 6.08 Å². The summed E-state index contributed by atoms with van der Waals surface area (Å²) in [5, 5.41) is 30.7. The van der Waals surface area contributed by atoms with Gasteiger partial charge in [0.25, 0.3) is 0 Å². The maximum Gasteiger partial charge on any atom is 0.228 e. The van der Waals surface area contributed by atoms with Gasteiger partial charge in [0, 0.05) is 6.42 Å². The van der Waals surface area contributed by atoms with E-state index in [0.717, 1.165) is 44.1 Å². The molecule has 0 aromatic rings. The van der Waals surface area contributed by atoms with Crippen molar-refractivity contribution in [2.45, 2.75) is 70.7 Å². The second kappa shape index (κ2) is 4.68. The first-order valence-electron chi connectivity index (χ1n) is 9.07. The Bertz CT molecular complexity index is 580. The third-order valence-electron chi connectivity index (χ3n) is 8.00. The fourth-order valence-corrected chi connectivity index (χ4v) is 6.65. The molecule has 128 valence electrons. The lowest BCUT2D eigenvalue weighted by molar-refractivity contribution is -0.199. The summed E-state index contributed by atoms with van der Waals surface area (Å²) < 4.78 is 0. The van der Waals surface area contributed by atoms with E-state index in [1.54, 1.807) is 0 Å². The monoisotopic (exact) mass is 320 g/mol. The van der Waals surface area contributed by atoms with Gasteiger partial charge in [0.1, 0.15) is 0 Å². The summed E-state index contributed by atoms with van der Waals surface area (Å²) in [6.45, 7) is 4.36. The molecule has 0 aliphatic heterocycles. The first-order valence-corrected chi connectivity index (χ1v) is 9.07. The average Bonchev–Trinajstić information content (AvgIpc) is 2.76. The number of hydrogen-bond donors (Lipinski definition) is 3. The van der Waals surface area contributed by atoms with Crippen molar-refractivity contribution in [3.63, 3.8) is 0 Å². The average molecular weight is 320 g/mol. The molecule has 0 amide bonds. The molecular weight excluding hydrogens is 292 g/mol. The standard InChI is InChI=1S/C19H28O4/c1-17-8-7-14-12(13(17)5-6-15(17)20)4-3-11-9-16(21)19(22,23)10-18(11,14)2/h9,12-15,20,22-23H,3-8,10H2,1-2H3. The second-order valence-electron chi connectivity index (χ2n) is 9.00. The van der Waals surface area contributed by atoms with Crippen molar-refractivity contribution in [3.8, 4) is 0 Å². The highest BCUT2D eigenvalue weighted by Gasteiger charge is 2.61. The zero-order valence-corrected chi connectivity index (χ0v) is 14.1. The van der Waals surface area contributed by atoms with Crippen LogP contribution in [-0.2, 0) is 4.79 Å². The number of aliphatic hydroxyl groups excluding tert-OH is 1. The van der Waals surface area contributed by atoms with Crippen LogP contribution in [-0.4, -0.2) is 33.0 Å². The van der Waals surface area contributed by atoms with Crippen LogP contribution in [0.15, 0.2) is 11.6 Å². The molecule has 23 heavy (non-hydrogen) atoms. The summed E-state index contributed by atoms with van der Waals surface area (Å²) in [5.74, 6) is -1.33. The molecule has 0 radical (unpaired) electrons. The highest BCUT2D eigenvalue weighted by molar-refractivity contribution is 5.97. The summed E-state index contributed by atoms with van der Waals surface area (Å²) in [6.07, 6.45) is 7.37. The number of hydrogen-bond acceptors (Lipinski definition) is 4. The van der Waals surface area contributed by atoms with E-state index < -0.39 is 11.6 Å². The van der Waals surface area contributed by atoms with Crippen LogP contribution in [0.25, 0.3) is 0 Å². The number of allylic oxidation sites excluding steroid dienone is 1. The molecule has 3 N–H and O–H groups in total. The van der Waals surface area contributed by atoms with Gasteiger partial charge < -0.3 is 15.3 Å². The maximum atomic E-state index is 11.9. The van der Waals surface area contributed by atoms with Crippen LogP contribution >= 0.6 is 0 Å². The minimum absolute atomic E-state index is 0.0265. The number of rotatable bonds is 0. The third-order valence-corrected chi connectivity index (χ3v) is 8.00. The molecule has 0 bridgehead atoms. The molecule has 4 aliphatic rings. The zero-order chi connectivity index (χ0) is 16.6. The molecule has 0 heterocycles. The largest absolute Gasteiger partial charge is 0.393 e. The van der Waals surface area contributed by atoms with Crippen molar-refractivity contribution in [2.75, 3.05) is 0 Å². The van der Waals surface area contributed by atoms with Gasteiger partial charge in [0.2, 0.25) is 11.6 Å². The zero-order valence-electron chi connectivity index (χ0n) is 14.1. The van der Waals surface area contributed by atoms with Gasteiger partial charge >= 0.3 is 0 Å². The van der Waals surface area contributed by atoms with Crippen LogP contribution in [0, 0.1) is 28.6 Å². The smallest absolute Gasteiger partial charge is 0.228 e. The van der Waals surface area contributed by atoms with Crippen molar-refractivity contribution in [1.82, 2.24) is 0 Å². The van der Waals surface area contributed by atoms with E-state index in [-0.39, 0.29) is 23.4 Å². The highest BCUT2D eigenvalue weighted by atomic mass is 16.5. The quantitative estimate of drug-likeness (QED) is 0.598. The van der Waals surface area contributed by atoms with E-state index >= 15 is 0 Å². The fraction of sp³-hybridized carbons (Fsp3) is 0.842. The number of ketones is 1. The Labute approximate surface area is 137 Å². The molecular formula is C19H28O4. The van der Waals surface area contributed by atoms with Crippen molar-refractivity contribution >= 4 is 5.78 Å². The SMILES string of the molecule is CC12CC(O)(O)C(=O)C=C1CCC1C2CCC2(C)C(O)CCC12. The van der Waals surface area contributed by atoms with Gasteiger partial charge in [-0.15, -0.1) is 0 Å². The topological polar surface area (TPSA) is 77.8 Å². The van der Waals surface area contributed by atoms with Gasteiger partial charge in [-0.25, -0.2) is 0 Å². The Morgan fingerprint density at radius 2 is 1.83 bits per heavy atom. The van der Waals surface area contributed by atoms with Gasteiger partial charge in [-0.1, -0.05) is 19.4 Å². The van der Waals surface area contributed by atoms with Crippen LogP contribution in [0.3, 0.4) is 0 Å². The van der Waals surface area contributed by atoms with Gasteiger partial charge in [-0.05, 0) is 73.2 Å². The molecule has 3 fully saturated rings. The number of fused-ring (bicyclic) bond motifs is 5. The van der Waals surface area contributed by atoms with Gasteiger partial charge in [-0.2, -0.15) is 0 Å².